The predicted octanol–water partition coefficient (Wildman–Crippen LogP) is 8.47. The quantitative estimate of drug-likeness (QED) is 0.242. The van der Waals surface area contributed by atoms with E-state index in [1.165, 1.54) is 60.9 Å². The number of aryl methyl sites for hydroxylation is 2. The van der Waals surface area contributed by atoms with E-state index in [9.17, 15) is 0 Å². The molecule has 2 heteroatoms. The fourth-order valence-corrected chi connectivity index (χ4v) is 4.85. The second-order valence-electron chi connectivity index (χ2n) is 7.06. The summed E-state index contributed by atoms with van der Waals surface area (Å²) in [4.78, 5) is 0. The Labute approximate surface area is 177 Å². The van der Waals surface area contributed by atoms with Gasteiger partial charge in [0, 0.05) is 8.95 Å². The number of fused-ring (bicyclic) bond motifs is 2. The van der Waals surface area contributed by atoms with E-state index in [4.69, 9.17) is 0 Å². The third-order valence-corrected chi connectivity index (χ3v) is 6.70. The van der Waals surface area contributed by atoms with Crippen LogP contribution in [0.25, 0.3) is 21.5 Å². The highest BCUT2D eigenvalue weighted by Crippen LogP contribution is 2.29. The fraction of sp³-hybridized carbons (Fsp3) is 0.200. The van der Waals surface area contributed by atoms with Gasteiger partial charge in [-0.05, 0) is 70.5 Å². The molecule has 0 heterocycles. The van der Waals surface area contributed by atoms with Crippen LogP contribution in [-0.4, -0.2) is 0 Å². The summed E-state index contributed by atoms with van der Waals surface area (Å²) in [6.07, 6.45) is 6.03. The SMILES string of the molecule is Brc1ccc(CCCCCc2ccc(Br)c3ccccc23)c2ccccc12. The van der Waals surface area contributed by atoms with Gasteiger partial charge in [0.05, 0.1) is 0 Å². The second kappa shape index (κ2) is 8.58. The van der Waals surface area contributed by atoms with Crippen LogP contribution >= 0.6 is 31.9 Å². The van der Waals surface area contributed by atoms with E-state index in [-0.39, 0.29) is 0 Å². The lowest BCUT2D eigenvalue weighted by Crippen LogP contribution is -1.92. The Morgan fingerprint density at radius 2 is 0.852 bits per heavy atom. The van der Waals surface area contributed by atoms with E-state index in [0.29, 0.717) is 0 Å². The van der Waals surface area contributed by atoms with Crippen LogP contribution in [0.15, 0.2) is 81.7 Å². The summed E-state index contributed by atoms with van der Waals surface area (Å²) < 4.78 is 2.37. The maximum atomic E-state index is 3.67. The van der Waals surface area contributed by atoms with E-state index >= 15 is 0 Å². The molecule has 27 heavy (non-hydrogen) atoms. The molecule has 0 N–H and O–H groups in total. The first kappa shape index (κ1) is 18.7. The van der Waals surface area contributed by atoms with Crippen LogP contribution in [0.4, 0.5) is 0 Å². The maximum Gasteiger partial charge on any atom is 0.0253 e. The van der Waals surface area contributed by atoms with Crippen molar-refractivity contribution in [3.63, 3.8) is 0 Å². The first-order chi connectivity index (χ1) is 13.2. The summed E-state index contributed by atoms with van der Waals surface area (Å²) in [5, 5.41) is 5.39. The van der Waals surface area contributed by atoms with Gasteiger partial charge in [-0.1, -0.05) is 98.9 Å². The lowest BCUT2D eigenvalue weighted by Gasteiger charge is -2.10. The van der Waals surface area contributed by atoms with Crippen molar-refractivity contribution in [1.82, 2.24) is 0 Å². The number of benzene rings is 4. The minimum Gasteiger partial charge on any atom is -0.0616 e. The largest absolute Gasteiger partial charge is 0.0616 e. The van der Waals surface area contributed by atoms with Gasteiger partial charge in [-0.3, -0.25) is 0 Å². The normalized spacial score (nSPS) is 11.3. The van der Waals surface area contributed by atoms with Crippen LogP contribution in [0.3, 0.4) is 0 Å². The maximum absolute atomic E-state index is 3.67. The standard InChI is InChI=1S/C25H22Br2/c26-24-16-14-18(20-10-4-6-12-22(20)24)8-2-1-3-9-19-15-17-25(27)23-13-7-5-11-21(19)23/h4-7,10-17H,1-3,8-9H2. The van der Waals surface area contributed by atoms with E-state index in [1.807, 2.05) is 0 Å². The summed E-state index contributed by atoms with van der Waals surface area (Å²) in [5.41, 5.74) is 2.92. The molecule has 0 bridgehead atoms. The summed E-state index contributed by atoms with van der Waals surface area (Å²) in [7, 11) is 0. The first-order valence-electron chi connectivity index (χ1n) is 9.56. The molecule has 4 aromatic carbocycles. The summed E-state index contributed by atoms with van der Waals surface area (Å²) >= 11 is 7.34. The zero-order valence-electron chi connectivity index (χ0n) is 15.2. The van der Waals surface area contributed by atoms with Crippen molar-refractivity contribution in [1.29, 1.82) is 0 Å². The Morgan fingerprint density at radius 3 is 1.30 bits per heavy atom. The van der Waals surface area contributed by atoms with E-state index in [0.717, 1.165) is 12.8 Å². The van der Waals surface area contributed by atoms with Crippen LogP contribution in [0, 0.1) is 0 Å². The minimum absolute atomic E-state index is 1.15. The third kappa shape index (κ3) is 4.12. The average molecular weight is 482 g/mol. The van der Waals surface area contributed by atoms with E-state index < -0.39 is 0 Å². The van der Waals surface area contributed by atoms with Crippen LogP contribution in [0.5, 0.6) is 0 Å². The van der Waals surface area contributed by atoms with Crippen molar-refractivity contribution < 1.29 is 0 Å². The van der Waals surface area contributed by atoms with E-state index in [1.54, 1.807) is 0 Å². The van der Waals surface area contributed by atoms with Gasteiger partial charge in [-0.2, -0.15) is 0 Å². The molecule has 0 fully saturated rings. The molecule has 0 nitrogen and oxygen atoms in total. The number of halogens is 2. The molecule has 4 rings (SSSR count). The van der Waals surface area contributed by atoms with Gasteiger partial charge in [-0.25, -0.2) is 0 Å². The zero-order chi connectivity index (χ0) is 18.6. The zero-order valence-corrected chi connectivity index (χ0v) is 18.4. The van der Waals surface area contributed by atoms with Gasteiger partial charge >= 0.3 is 0 Å². The van der Waals surface area contributed by atoms with Crippen LogP contribution in [0.1, 0.15) is 30.4 Å². The van der Waals surface area contributed by atoms with E-state index in [2.05, 4.69) is 105 Å². The molecule has 0 amide bonds. The lowest BCUT2D eigenvalue weighted by molar-refractivity contribution is 0.681. The number of rotatable bonds is 6. The Kier molecular flexibility index (Phi) is 5.95. The number of hydrogen-bond donors (Lipinski definition) is 0. The lowest BCUT2D eigenvalue weighted by atomic mass is 9.97. The second-order valence-corrected chi connectivity index (χ2v) is 8.77. The van der Waals surface area contributed by atoms with Gasteiger partial charge in [0.15, 0.2) is 0 Å². The van der Waals surface area contributed by atoms with Gasteiger partial charge in [0.2, 0.25) is 0 Å². The van der Waals surface area contributed by atoms with Crippen molar-refractivity contribution >= 4 is 53.4 Å². The Bertz CT molecular complexity index is 995. The smallest absolute Gasteiger partial charge is 0.0253 e. The van der Waals surface area contributed by atoms with Crippen LogP contribution < -0.4 is 0 Å². The van der Waals surface area contributed by atoms with Crippen molar-refractivity contribution in [3.05, 3.63) is 92.9 Å². The van der Waals surface area contributed by atoms with Crippen molar-refractivity contribution in [3.8, 4) is 0 Å². The highest BCUT2D eigenvalue weighted by atomic mass is 79.9. The molecule has 136 valence electrons. The van der Waals surface area contributed by atoms with Crippen molar-refractivity contribution in [2.45, 2.75) is 32.1 Å². The monoisotopic (exact) mass is 480 g/mol. The minimum atomic E-state index is 1.15. The van der Waals surface area contributed by atoms with Crippen molar-refractivity contribution in [2.24, 2.45) is 0 Å². The van der Waals surface area contributed by atoms with Gasteiger partial charge in [0.25, 0.3) is 0 Å². The molecule has 0 saturated heterocycles. The van der Waals surface area contributed by atoms with Gasteiger partial charge in [-0.15, -0.1) is 0 Å². The molecule has 4 aromatic rings. The number of hydrogen-bond acceptors (Lipinski definition) is 0. The molecule has 0 unspecified atom stereocenters. The molecule has 0 saturated carbocycles. The fourth-order valence-electron chi connectivity index (χ4n) is 3.89. The first-order valence-corrected chi connectivity index (χ1v) is 11.1. The Balaban J connectivity index is 1.38. The molecule has 0 aliphatic heterocycles. The molecular weight excluding hydrogens is 460 g/mol. The number of unbranched alkanes of at least 4 members (excludes halogenated alkanes) is 2. The van der Waals surface area contributed by atoms with Gasteiger partial charge < -0.3 is 0 Å². The molecule has 0 atom stereocenters. The highest BCUT2D eigenvalue weighted by Gasteiger charge is 2.06. The van der Waals surface area contributed by atoms with Crippen LogP contribution in [0.2, 0.25) is 0 Å². The average Bonchev–Trinajstić information content (AvgIpc) is 2.71. The van der Waals surface area contributed by atoms with Crippen LogP contribution in [-0.2, 0) is 12.8 Å². The molecular formula is C25H22Br2. The molecule has 0 aliphatic rings. The molecule has 0 spiro atoms. The summed E-state index contributed by atoms with van der Waals surface area (Å²) in [6, 6.07) is 26.3. The molecule has 0 radical (unpaired) electrons. The summed E-state index contributed by atoms with van der Waals surface area (Å²) in [6.45, 7) is 0. The van der Waals surface area contributed by atoms with Crippen molar-refractivity contribution in [2.75, 3.05) is 0 Å². The molecule has 0 aliphatic carbocycles. The third-order valence-electron chi connectivity index (χ3n) is 5.31. The Hall–Kier alpha value is -1.64. The topological polar surface area (TPSA) is 0 Å². The summed E-state index contributed by atoms with van der Waals surface area (Å²) in [5.74, 6) is 0. The predicted molar refractivity (Wildman–Crippen MR) is 125 cm³/mol. The Morgan fingerprint density at radius 1 is 0.444 bits per heavy atom. The molecule has 0 aromatic heterocycles. The van der Waals surface area contributed by atoms with Gasteiger partial charge in [0.1, 0.15) is 0 Å². The highest BCUT2D eigenvalue weighted by molar-refractivity contribution is 9.11.